The number of nitrogens with one attached hydrogen (secondary N) is 2. The third-order valence-corrected chi connectivity index (χ3v) is 5.90. The fraction of sp³-hybridized carbons (Fsp3) is 0.667. The lowest BCUT2D eigenvalue weighted by atomic mass is 9.89. The molecule has 2 bridgehead atoms. The monoisotopic (exact) mass is 394 g/mol. The number of rotatable bonds is 6. The highest BCUT2D eigenvalue weighted by atomic mass is 35.5. The number of amides is 1. The molecule has 3 aliphatic rings. The number of hydrogen-bond donors (Lipinski definition) is 2. The summed E-state index contributed by atoms with van der Waals surface area (Å²) in [6.45, 7) is 3.41. The van der Waals surface area contributed by atoms with Crippen LogP contribution in [-0.2, 0) is 9.53 Å². The molecule has 1 aromatic carbocycles. The molecule has 3 unspecified atom stereocenters. The smallest absolute Gasteiger partial charge is 0.224 e. The van der Waals surface area contributed by atoms with E-state index < -0.39 is 0 Å². The van der Waals surface area contributed by atoms with Gasteiger partial charge in [-0.2, -0.15) is 0 Å². The van der Waals surface area contributed by atoms with Crippen molar-refractivity contribution in [2.24, 2.45) is 5.92 Å². The molecule has 1 aromatic rings. The molecule has 0 radical (unpaired) electrons. The minimum absolute atomic E-state index is 0. The van der Waals surface area contributed by atoms with E-state index in [9.17, 15) is 4.79 Å². The second-order valence-corrected chi connectivity index (χ2v) is 8.17. The van der Waals surface area contributed by atoms with Crippen LogP contribution in [0.5, 0.6) is 5.75 Å². The second-order valence-electron chi connectivity index (χ2n) is 8.17. The zero-order valence-electron chi connectivity index (χ0n) is 16.0. The number of anilines is 1. The molecule has 150 valence electrons. The molecular formula is C21H31ClN2O3. The molecule has 0 saturated carbocycles. The highest BCUT2D eigenvalue weighted by molar-refractivity contribution is 5.92. The maximum absolute atomic E-state index is 12.6. The van der Waals surface area contributed by atoms with E-state index >= 15 is 0 Å². The number of carbonyl (C=O) groups is 1. The summed E-state index contributed by atoms with van der Waals surface area (Å²) >= 11 is 0. The Kier molecular flexibility index (Phi) is 7.01. The summed E-state index contributed by atoms with van der Waals surface area (Å²) in [5, 5.41) is 6.72. The van der Waals surface area contributed by atoms with Gasteiger partial charge >= 0.3 is 0 Å². The van der Waals surface area contributed by atoms with Crippen molar-refractivity contribution in [1.82, 2.24) is 5.32 Å². The first kappa shape index (κ1) is 20.4. The van der Waals surface area contributed by atoms with Gasteiger partial charge in [0.25, 0.3) is 0 Å². The van der Waals surface area contributed by atoms with E-state index in [-0.39, 0.29) is 24.4 Å². The van der Waals surface area contributed by atoms with Crippen molar-refractivity contribution in [3.63, 3.8) is 0 Å². The highest BCUT2D eigenvalue weighted by Crippen LogP contribution is 2.33. The van der Waals surface area contributed by atoms with Gasteiger partial charge in [-0.25, -0.2) is 0 Å². The molecule has 0 aliphatic carbocycles. The Bertz CT molecular complexity index is 636. The molecule has 0 spiro atoms. The molecule has 5 nitrogen and oxygen atoms in total. The van der Waals surface area contributed by atoms with Gasteiger partial charge in [-0.1, -0.05) is 6.07 Å². The van der Waals surface area contributed by atoms with Crippen LogP contribution in [0.25, 0.3) is 0 Å². The third-order valence-electron chi connectivity index (χ3n) is 5.90. The number of ether oxygens (including phenoxy) is 2. The van der Waals surface area contributed by atoms with Gasteiger partial charge < -0.3 is 20.1 Å². The van der Waals surface area contributed by atoms with Crippen molar-refractivity contribution in [2.75, 3.05) is 18.5 Å². The average molecular weight is 395 g/mol. The summed E-state index contributed by atoms with van der Waals surface area (Å²) in [6, 6.07) is 7.20. The fourth-order valence-corrected chi connectivity index (χ4v) is 4.62. The minimum atomic E-state index is 0. The Hall–Kier alpha value is -1.30. The van der Waals surface area contributed by atoms with E-state index in [1.165, 1.54) is 12.8 Å². The van der Waals surface area contributed by atoms with Crippen molar-refractivity contribution in [1.29, 1.82) is 0 Å². The fourth-order valence-electron chi connectivity index (χ4n) is 4.62. The Labute approximate surface area is 168 Å². The maximum atomic E-state index is 12.6. The highest BCUT2D eigenvalue weighted by Gasteiger charge is 2.34. The van der Waals surface area contributed by atoms with Crippen LogP contribution >= 0.6 is 12.4 Å². The molecule has 0 aromatic heterocycles. The Morgan fingerprint density at radius 3 is 2.74 bits per heavy atom. The van der Waals surface area contributed by atoms with Gasteiger partial charge in [0.15, 0.2) is 0 Å². The summed E-state index contributed by atoms with van der Waals surface area (Å²) in [5.74, 6) is 1.34. The van der Waals surface area contributed by atoms with Gasteiger partial charge in [0.2, 0.25) is 5.91 Å². The average Bonchev–Trinajstić information content (AvgIpc) is 3.24. The van der Waals surface area contributed by atoms with Gasteiger partial charge in [-0.05, 0) is 69.1 Å². The zero-order chi connectivity index (χ0) is 17.9. The molecule has 3 atom stereocenters. The lowest BCUT2D eigenvalue weighted by Gasteiger charge is -2.28. The quantitative estimate of drug-likeness (QED) is 0.769. The molecular weight excluding hydrogens is 364 g/mol. The molecule has 3 fully saturated rings. The van der Waals surface area contributed by atoms with E-state index in [2.05, 4.69) is 10.6 Å². The predicted octanol–water partition coefficient (Wildman–Crippen LogP) is 3.83. The van der Waals surface area contributed by atoms with Crippen molar-refractivity contribution in [2.45, 2.75) is 70.1 Å². The number of piperidine rings is 1. The minimum Gasteiger partial charge on any atom is -0.489 e. The summed E-state index contributed by atoms with van der Waals surface area (Å²) in [4.78, 5) is 12.6. The van der Waals surface area contributed by atoms with Crippen LogP contribution < -0.4 is 15.4 Å². The van der Waals surface area contributed by atoms with E-state index in [1.807, 2.05) is 25.1 Å². The number of fused-ring (bicyclic) bond motifs is 2. The topological polar surface area (TPSA) is 59.6 Å². The van der Waals surface area contributed by atoms with Crippen LogP contribution in [0.2, 0.25) is 0 Å². The van der Waals surface area contributed by atoms with Crippen molar-refractivity contribution >= 4 is 24.0 Å². The van der Waals surface area contributed by atoms with Crippen molar-refractivity contribution < 1.29 is 14.3 Å². The van der Waals surface area contributed by atoms with Crippen molar-refractivity contribution in [3.05, 3.63) is 23.8 Å². The van der Waals surface area contributed by atoms with E-state index in [1.54, 1.807) is 0 Å². The van der Waals surface area contributed by atoms with Gasteiger partial charge in [-0.15, -0.1) is 12.4 Å². The van der Waals surface area contributed by atoms with Crippen LogP contribution in [0.1, 0.15) is 50.5 Å². The molecule has 3 heterocycles. The van der Waals surface area contributed by atoms with Crippen LogP contribution in [0.15, 0.2) is 18.2 Å². The number of aryl methyl sites for hydroxylation is 1. The van der Waals surface area contributed by atoms with Crippen LogP contribution in [0.3, 0.4) is 0 Å². The van der Waals surface area contributed by atoms with Gasteiger partial charge in [-0.3, -0.25) is 4.79 Å². The molecule has 3 saturated heterocycles. The Morgan fingerprint density at radius 2 is 2.04 bits per heavy atom. The molecule has 6 heteroatoms. The molecule has 4 rings (SSSR count). The first-order valence-corrected chi connectivity index (χ1v) is 10.1. The number of hydrogen-bond acceptors (Lipinski definition) is 4. The molecule has 1 amide bonds. The summed E-state index contributed by atoms with van der Waals surface area (Å²) in [7, 11) is 0. The summed E-state index contributed by atoms with van der Waals surface area (Å²) < 4.78 is 11.6. The normalized spacial score (nSPS) is 29.2. The maximum Gasteiger partial charge on any atom is 0.224 e. The van der Waals surface area contributed by atoms with E-state index in [4.69, 9.17) is 9.47 Å². The summed E-state index contributed by atoms with van der Waals surface area (Å²) in [6.07, 6.45) is 7.71. The van der Waals surface area contributed by atoms with Gasteiger partial charge in [0, 0.05) is 25.1 Å². The van der Waals surface area contributed by atoms with E-state index in [0.717, 1.165) is 49.3 Å². The molecule has 27 heavy (non-hydrogen) atoms. The SMILES string of the molecule is Cc1ccc(NC(=O)CC2CC3CCC(C2)N3)c(OCC2CCCO2)c1.Cl. The largest absolute Gasteiger partial charge is 0.489 e. The van der Waals surface area contributed by atoms with Crippen LogP contribution in [-0.4, -0.2) is 37.3 Å². The lowest BCUT2D eigenvalue weighted by Crippen LogP contribution is -2.39. The summed E-state index contributed by atoms with van der Waals surface area (Å²) in [5.41, 5.74) is 1.90. The third kappa shape index (κ3) is 5.37. The lowest BCUT2D eigenvalue weighted by molar-refractivity contribution is -0.117. The number of halogens is 1. The standard InChI is InChI=1S/C21H30N2O3.ClH/c1-14-4-7-19(20(9-14)26-13-18-3-2-8-25-18)23-21(24)12-15-10-16-5-6-17(11-15)22-16;/h4,7,9,15-18,22H,2-3,5-6,8,10-13H2,1H3,(H,23,24);1H. The number of benzene rings is 1. The van der Waals surface area contributed by atoms with Gasteiger partial charge in [0.05, 0.1) is 11.8 Å². The molecule has 2 N–H and O–H groups in total. The zero-order valence-corrected chi connectivity index (χ0v) is 16.9. The number of carbonyl (C=O) groups excluding carboxylic acids is 1. The first-order chi connectivity index (χ1) is 12.7. The first-order valence-electron chi connectivity index (χ1n) is 10.1. The molecule has 3 aliphatic heterocycles. The van der Waals surface area contributed by atoms with Gasteiger partial charge in [0.1, 0.15) is 12.4 Å². The Balaban J connectivity index is 0.00000210. The van der Waals surface area contributed by atoms with Crippen LogP contribution in [0.4, 0.5) is 5.69 Å². The van der Waals surface area contributed by atoms with Crippen LogP contribution in [0, 0.1) is 12.8 Å². The second kappa shape index (κ2) is 9.26. The predicted molar refractivity (Wildman–Crippen MR) is 109 cm³/mol. The Morgan fingerprint density at radius 1 is 1.26 bits per heavy atom. The van der Waals surface area contributed by atoms with Crippen molar-refractivity contribution in [3.8, 4) is 5.75 Å². The van der Waals surface area contributed by atoms with E-state index in [0.29, 0.717) is 31.0 Å².